The zero-order valence-corrected chi connectivity index (χ0v) is 26.9. The number of aliphatic hydroxyl groups excluding tert-OH is 2. The van der Waals surface area contributed by atoms with Gasteiger partial charge in [0.15, 0.2) is 9.49 Å². The molecule has 0 spiro atoms. The van der Waals surface area contributed by atoms with E-state index in [0.717, 1.165) is 36.4 Å². The van der Waals surface area contributed by atoms with Gasteiger partial charge in [0.25, 0.3) is 20.2 Å². The molecule has 4 aromatic carbocycles. The number of halogens is 2. The molecule has 50 heavy (non-hydrogen) atoms. The Morgan fingerprint density at radius 1 is 0.600 bits per heavy atom. The van der Waals surface area contributed by atoms with Crippen LogP contribution in [0.3, 0.4) is 0 Å². The molecule has 0 saturated heterocycles. The second-order valence-corrected chi connectivity index (χ2v) is 14.7. The van der Waals surface area contributed by atoms with Crippen molar-refractivity contribution in [1.29, 1.82) is 10.8 Å². The molecule has 2 aliphatic rings. The minimum atomic E-state index is -5.48. The summed E-state index contributed by atoms with van der Waals surface area (Å²) in [6.07, 6.45) is -4.71. The molecule has 4 unspecified atom stereocenters. The maximum absolute atomic E-state index is 16.2. The van der Waals surface area contributed by atoms with Crippen molar-refractivity contribution < 1.29 is 44.9 Å². The van der Waals surface area contributed by atoms with Gasteiger partial charge in [-0.05, 0) is 34.4 Å². The number of fused-ring (bicyclic) bond motifs is 2. The number of benzene rings is 4. The average molecular weight is 725 g/mol. The molecule has 0 saturated carbocycles. The van der Waals surface area contributed by atoms with Crippen LogP contribution in [0.2, 0.25) is 0 Å². The van der Waals surface area contributed by atoms with E-state index in [1.807, 2.05) is 0 Å². The van der Waals surface area contributed by atoms with Crippen molar-refractivity contribution in [1.82, 2.24) is 0 Å². The summed E-state index contributed by atoms with van der Waals surface area (Å²) in [7, 11) is -11.0. The summed E-state index contributed by atoms with van der Waals surface area (Å²) in [6.45, 7) is 0. The number of rotatable bonds is 5. The van der Waals surface area contributed by atoms with Gasteiger partial charge in [-0.1, -0.05) is 72.8 Å². The highest BCUT2D eigenvalue weighted by Gasteiger charge is 2.61. The molecule has 6 rings (SSSR count). The van der Waals surface area contributed by atoms with Crippen LogP contribution in [0.4, 0.5) is 8.78 Å². The summed E-state index contributed by atoms with van der Waals surface area (Å²) < 4.78 is 100. The Morgan fingerprint density at radius 3 is 1.24 bits per heavy atom. The van der Waals surface area contributed by atoms with E-state index in [2.05, 4.69) is 10.2 Å². The standard InChI is InChI=1S/C32H26F2N6O8S2/c33-23-13-15(9-11-21(23)31(49(43,44)45)19-7-3-1-5-17(19)25(35)27(39-37)29(31)41)16-10-12-22(24(34)14-16)32(50(46,47)48)20-8-4-2-6-18(20)26(36)28(40-38)30(32)42/h1-14,29-30,35-36,41-42H,37-38H2,(H,43,44,45)(H,46,47,48). The Bertz CT molecular complexity index is 2270. The molecule has 18 heteroatoms. The third-order valence-electron chi connectivity index (χ3n) is 9.16. The molecule has 4 atom stereocenters. The fraction of sp³-hybridized carbons (Fsp3) is 0.125. The molecule has 0 aliphatic heterocycles. The van der Waals surface area contributed by atoms with Gasteiger partial charge in [-0.25, -0.2) is 8.78 Å². The molecule has 14 nitrogen and oxygen atoms in total. The van der Waals surface area contributed by atoms with Gasteiger partial charge in [-0.2, -0.15) is 27.0 Å². The molecule has 4 aromatic rings. The molecule has 258 valence electrons. The Balaban J connectivity index is 1.55. The van der Waals surface area contributed by atoms with Crippen LogP contribution in [0.15, 0.2) is 95.1 Å². The van der Waals surface area contributed by atoms with Crippen LogP contribution in [0.5, 0.6) is 0 Å². The van der Waals surface area contributed by atoms with Crippen molar-refractivity contribution in [3.8, 4) is 11.1 Å². The van der Waals surface area contributed by atoms with Crippen LogP contribution in [-0.4, -0.2) is 71.2 Å². The third-order valence-corrected chi connectivity index (χ3v) is 12.1. The molecular weight excluding hydrogens is 699 g/mol. The molecule has 2 aliphatic carbocycles. The second kappa shape index (κ2) is 11.7. The van der Waals surface area contributed by atoms with E-state index in [9.17, 15) is 36.2 Å². The van der Waals surface area contributed by atoms with Crippen LogP contribution in [0, 0.1) is 22.5 Å². The summed E-state index contributed by atoms with van der Waals surface area (Å²) in [5.74, 6) is 8.15. The second-order valence-electron chi connectivity index (χ2n) is 11.5. The van der Waals surface area contributed by atoms with Crippen molar-refractivity contribution >= 4 is 43.1 Å². The van der Waals surface area contributed by atoms with E-state index in [-0.39, 0.29) is 33.4 Å². The molecule has 0 heterocycles. The third kappa shape index (κ3) is 4.50. The Kier molecular flexibility index (Phi) is 8.09. The Hall–Kier alpha value is -5.24. The minimum Gasteiger partial charge on any atom is -0.384 e. The zero-order chi connectivity index (χ0) is 36.6. The van der Waals surface area contributed by atoms with E-state index >= 15 is 8.78 Å². The summed E-state index contributed by atoms with van der Waals surface area (Å²) in [5.41, 5.74) is -4.87. The highest BCUT2D eigenvalue weighted by molar-refractivity contribution is 7.87. The summed E-state index contributed by atoms with van der Waals surface area (Å²) in [4.78, 5) is 0. The van der Waals surface area contributed by atoms with E-state index in [0.29, 0.717) is 0 Å². The lowest BCUT2D eigenvalue weighted by molar-refractivity contribution is 0.193. The van der Waals surface area contributed by atoms with Crippen LogP contribution >= 0.6 is 0 Å². The normalized spacial score (nSPS) is 25.4. The first-order chi connectivity index (χ1) is 23.5. The Labute approximate surface area is 282 Å². The average Bonchev–Trinajstić information content (AvgIpc) is 3.05. The van der Waals surface area contributed by atoms with Gasteiger partial charge in [0.1, 0.15) is 35.3 Å². The summed E-state index contributed by atoms with van der Waals surface area (Å²) >= 11 is 0. The monoisotopic (exact) mass is 724 g/mol. The van der Waals surface area contributed by atoms with E-state index < -0.39 is 87.5 Å². The molecule has 0 amide bonds. The quantitative estimate of drug-likeness (QED) is 0.0842. The maximum Gasteiger partial charge on any atom is 0.282 e. The number of hydrogen-bond acceptors (Lipinski definition) is 12. The molecule has 0 radical (unpaired) electrons. The smallest absolute Gasteiger partial charge is 0.282 e. The molecule has 10 N–H and O–H groups in total. The topological polar surface area (TPSA) is 274 Å². The maximum atomic E-state index is 16.2. The predicted molar refractivity (Wildman–Crippen MR) is 178 cm³/mol. The van der Waals surface area contributed by atoms with Gasteiger partial charge < -0.3 is 21.9 Å². The van der Waals surface area contributed by atoms with Crippen molar-refractivity contribution in [2.45, 2.75) is 21.7 Å². The fourth-order valence-electron chi connectivity index (χ4n) is 6.96. The van der Waals surface area contributed by atoms with Gasteiger partial charge in [0.05, 0.1) is 11.4 Å². The van der Waals surface area contributed by atoms with E-state index in [1.54, 1.807) is 0 Å². The lowest BCUT2D eigenvalue weighted by atomic mass is 9.73. The molecule has 0 aromatic heterocycles. The number of nitrogens with two attached hydrogens (primary N) is 2. The SMILES string of the molecule is N=C1C(=NN)C(O)C(c2ccc(-c3ccc(C4(S(=O)(=O)O)c5ccccc5C(=N)C(=NN)C4O)c(F)c3)cc2F)(S(=O)(=O)O)c2ccccc21. The minimum absolute atomic E-state index is 0.0993. The number of hydrazone groups is 2. The number of nitrogens with one attached hydrogen (secondary N) is 2. The highest BCUT2D eigenvalue weighted by atomic mass is 32.2. The molecular formula is C32H26F2N6O8S2. The first kappa shape index (κ1) is 34.6. The molecule has 0 fully saturated rings. The van der Waals surface area contributed by atoms with Crippen molar-refractivity contribution in [2.24, 2.45) is 21.9 Å². The van der Waals surface area contributed by atoms with Gasteiger partial charge in [0, 0.05) is 22.3 Å². The zero-order valence-electron chi connectivity index (χ0n) is 25.3. The summed E-state index contributed by atoms with van der Waals surface area (Å²) in [6, 6.07) is 16.2. The van der Waals surface area contributed by atoms with Gasteiger partial charge in [-0.3, -0.25) is 19.9 Å². The lowest BCUT2D eigenvalue weighted by Gasteiger charge is -2.41. The van der Waals surface area contributed by atoms with Crippen LogP contribution in [0.1, 0.15) is 33.4 Å². The van der Waals surface area contributed by atoms with Gasteiger partial charge in [-0.15, -0.1) is 0 Å². The number of nitrogens with zero attached hydrogens (tertiary/aromatic N) is 2. The van der Waals surface area contributed by atoms with E-state index in [4.69, 9.17) is 22.5 Å². The van der Waals surface area contributed by atoms with Crippen LogP contribution < -0.4 is 11.7 Å². The largest absolute Gasteiger partial charge is 0.384 e. The number of aliphatic hydroxyl groups is 2. The van der Waals surface area contributed by atoms with Gasteiger partial charge in [0.2, 0.25) is 0 Å². The molecule has 0 bridgehead atoms. The highest BCUT2D eigenvalue weighted by Crippen LogP contribution is 2.49. The predicted octanol–water partition coefficient (Wildman–Crippen LogP) is 2.01. The lowest BCUT2D eigenvalue weighted by Crippen LogP contribution is -2.57. The first-order valence-corrected chi connectivity index (χ1v) is 17.2. The van der Waals surface area contributed by atoms with Crippen LogP contribution in [-0.2, 0) is 29.7 Å². The summed E-state index contributed by atoms with van der Waals surface area (Å²) in [5, 5.41) is 46.0. The van der Waals surface area contributed by atoms with Gasteiger partial charge >= 0.3 is 0 Å². The number of hydrogen-bond donors (Lipinski definition) is 8. The fourth-order valence-corrected chi connectivity index (χ4v) is 9.55. The van der Waals surface area contributed by atoms with Crippen LogP contribution in [0.25, 0.3) is 11.1 Å². The van der Waals surface area contributed by atoms with Crippen molar-refractivity contribution in [2.75, 3.05) is 0 Å². The Morgan fingerprint density at radius 2 is 0.940 bits per heavy atom. The van der Waals surface area contributed by atoms with Crippen molar-refractivity contribution in [3.63, 3.8) is 0 Å². The first-order valence-electron chi connectivity index (χ1n) is 14.3. The van der Waals surface area contributed by atoms with E-state index in [1.165, 1.54) is 48.5 Å². The van der Waals surface area contributed by atoms with Crippen molar-refractivity contribution in [3.05, 3.63) is 130 Å².